The number of carbonyl (C=O) groups is 1. The van der Waals surface area contributed by atoms with Gasteiger partial charge in [0.1, 0.15) is 0 Å². The number of anilines is 1. The lowest BCUT2D eigenvalue weighted by molar-refractivity contribution is 0.0972. The number of nitrogens with one attached hydrogen (secondary N) is 1. The number of fused-ring (bicyclic) bond motifs is 1. The predicted octanol–water partition coefficient (Wildman–Crippen LogP) is 4.60. The molecule has 1 aliphatic rings. The number of carbonyl (C=O) groups excluding carboxylic acids is 1. The van der Waals surface area contributed by atoms with E-state index < -0.39 is 0 Å². The Bertz CT molecular complexity index is 745. The lowest BCUT2D eigenvalue weighted by Crippen LogP contribution is -2.22. The van der Waals surface area contributed by atoms with Crippen LogP contribution in [0.25, 0.3) is 0 Å². The fraction of sp³-hybridized carbons (Fsp3) is 0.278. The first-order valence-corrected chi connectivity index (χ1v) is 8.32. The van der Waals surface area contributed by atoms with Crippen molar-refractivity contribution < 1.29 is 14.3 Å². The number of rotatable bonds is 4. The Labute approximate surface area is 143 Å². The van der Waals surface area contributed by atoms with E-state index in [1.807, 2.05) is 43.3 Å². The Hall–Kier alpha value is -2.01. The Balaban J connectivity index is 1.97. The summed E-state index contributed by atoms with van der Waals surface area (Å²) >= 11 is 3.54. The second-order valence-corrected chi connectivity index (χ2v) is 6.19. The number of hydrogen-bond donors (Lipinski definition) is 1. The normalized spacial score (nSPS) is 16.5. The molecule has 1 heterocycles. The van der Waals surface area contributed by atoms with E-state index in [0.717, 1.165) is 21.3 Å². The van der Waals surface area contributed by atoms with Crippen molar-refractivity contribution in [1.82, 2.24) is 0 Å². The molecular formula is C18H18BrNO3. The molecule has 5 heteroatoms. The number of para-hydroxylation sites is 1. The molecule has 3 rings (SSSR count). The van der Waals surface area contributed by atoms with Crippen molar-refractivity contribution in [3.8, 4) is 11.5 Å². The Kier molecular flexibility index (Phi) is 4.57. The molecule has 0 fully saturated rings. The third-order valence-electron chi connectivity index (χ3n) is 3.89. The molecule has 0 bridgehead atoms. The number of Topliss-reactive ketones (excluding diaryl/α,β-unsaturated/α-hetero) is 1. The molecule has 0 saturated heterocycles. The van der Waals surface area contributed by atoms with Gasteiger partial charge in [-0.05, 0) is 52.7 Å². The standard InChI is InChI=1S/C18H18BrNO3/c1-3-23-18-13(19)8-11(9-17(18)22-2)15-10-16(21)12-6-4-5-7-14(12)20-15/h4-9,15,20H,3,10H2,1-2H3. The molecular weight excluding hydrogens is 358 g/mol. The number of methoxy groups -OCH3 is 1. The third-order valence-corrected chi connectivity index (χ3v) is 4.48. The first-order chi connectivity index (χ1) is 11.1. The van der Waals surface area contributed by atoms with Gasteiger partial charge >= 0.3 is 0 Å². The summed E-state index contributed by atoms with van der Waals surface area (Å²) in [5.41, 5.74) is 2.61. The minimum absolute atomic E-state index is 0.0849. The van der Waals surface area contributed by atoms with Crippen molar-refractivity contribution >= 4 is 27.4 Å². The predicted molar refractivity (Wildman–Crippen MR) is 93.6 cm³/mol. The van der Waals surface area contributed by atoms with Gasteiger partial charge in [0.25, 0.3) is 0 Å². The highest BCUT2D eigenvalue weighted by molar-refractivity contribution is 9.10. The summed E-state index contributed by atoms with van der Waals surface area (Å²) in [6.07, 6.45) is 0.417. The molecule has 2 aromatic rings. The first kappa shape index (κ1) is 15.9. The quantitative estimate of drug-likeness (QED) is 0.848. The zero-order valence-electron chi connectivity index (χ0n) is 13.1. The van der Waals surface area contributed by atoms with Crippen molar-refractivity contribution in [2.45, 2.75) is 19.4 Å². The average molecular weight is 376 g/mol. The molecule has 0 amide bonds. The molecule has 0 aromatic heterocycles. The molecule has 120 valence electrons. The molecule has 4 nitrogen and oxygen atoms in total. The molecule has 0 saturated carbocycles. The number of ketones is 1. The lowest BCUT2D eigenvalue weighted by atomic mass is 9.92. The Morgan fingerprint density at radius 3 is 2.83 bits per heavy atom. The van der Waals surface area contributed by atoms with Gasteiger partial charge in [0, 0.05) is 17.7 Å². The third kappa shape index (κ3) is 3.06. The summed E-state index contributed by atoms with van der Waals surface area (Å²) in [7, 11) is 1.61. The second kappa shape index (κ2) is 6.62. The summed E-state index contributed by atoms with van der Waals surface area (Å²) < 4.78 is 11.9. The summed E-state index contributed by atoms with van der Waals surface area (Å²) in [6.45, 7) is 2.49. The van der Waals surface area contributed by atoms with Crippen LogP contribution in [-0.2, 0) is 0 Å². The van der Waals surface area contributed by atoms with Crippen LogP contribution in [0.5, 0.6) is 11.5 Å². The monoisotopic (exact) mass is 375 g/mol. The smallest absolute Gasteiger partial charge is 0.175 e. The summed E-state index contributed by atoms with van der Waals surface area (Å²) in [5.74, 6) is 1.49. The average Bonchev–Trinajstić information content (AvgIpc) is 2.56. The van der Waals surface area contributed by atoms with Crippen LogP contribution in [0.2, 0.25) is 0 Å². The van der Waals surface area contributed by atoms with Crippen molar-refractivity contribution in [2.24, 2.45) is 0 Å². The van der Waals surface area contributed by atoms with E-state index in [2.05, 4.69) is 21.2 Å². The van der Waals surface area contributed by atoms with Crippen LogP contribution < -0.4 is 14.8 Å². The maximum absolute atomic E-state index is 12.4. The van der Waals surface area contributed by atoms with Crippen LogP contribution in [-0.4, -0.2) is 19.5 Å². The fourth-order valence-electron chi connectivity index (χ4n) is 2.81. The number of ether oxygens (including phenoxy) is 2. The van der Waals surface area contributed by atoms with Gasteiger partial charge in [0.15, 0.2) is 17.3 Å². The minimum atomic E-state index is -0.0849. The molecule has 0 aliphatic carbocycles. The highest BCUT2D eigenvalue weighted by atomic mass is 79.9. The van der Waals surface area contributed by atoms with Gasteiger partial charge in [0.2, 0.25) is 0 Å². The van der Waals surface area contributed by atoms with E-state index in [0.29, 0.717) is 24.5 Å². The van der Waals surface area contributed by atoms with Crippen molar-refractivity contribution in [3.63, 3.8) is 0 Å². The van der Waals surface area contributed by atoms with Gasteiger partial charge in [-0.15, -0.1) is 0 Å². The van der Waals surface area contributed by atoms with E-state index in [1.165, 1.54) is 0 Å². The molecule has 1 aliphatic heterocycles. The Morgan fingerprint density at radius 2 is 2.09 bits per heavy atom. The summed E-state index contributed by atoms with van der Waals surface area (Å²) in [5, 5.41) is 3.44. The highest BCUT2D eigenvalue weighted by Crippen LogP contribution is 2.41. The van der Waals surface area contributed by atoms with Crippen molar-refractivity contribution in [2.75, 3.05) is 19.0 Å². The second-order valence-electron chi connectivity index (χ2n) is 5.34. The summed E-state index contributed by atoms with van der Waals surface area (Å²) in [6, 6.07) is 11.4. The van der Waals surface area contributed by atoms with E-state index >= 15 is 0 Å². The maximum atomic E-state index is 12.4. The van der Waals surface area contributed by atoms with Crippen LogP contribution in [0.3, 0.4) is 0 Å². The first-order valence-electron chi connectivity index (χ1n) is 7.53. The highest BCUT2D eigenvalue weighted by Gasteiger charge is 2.26. The van der Waals surface area contributed by atoms with Gasteiger partial charge in [0.05, 0.1) is 24.2 Å². The van der Waals surface area contributed by atoms with Crippen molar-refractivity contribution in [3.05, 3.63) is 52.0 Å². The molecule has 2 aromatic carbocycles. The van der Waals surface area contributed by atoms with Gasteiger partial charge in [-0.2, -0.15) is 0 Å². The minimum Gasteiger partial charge on any atom is -0.493 e. The molecule has 1 atom stereocenters. The largest absolute Gasteiger partial charge is 0.493 e. The van der Waals surface area contributed by atoms with Gasteiger partial charge < -0.3 is 14.8 Å². The van der Waals surface area contributed by atoms with Crippen LogP contribution in [0, 0.1) is 0 Å². The van der Waals surface area contributed by atoms with Gasteiger partial charge in [-0.3, -0.25) is 4.79 Å². The zero-order valence-corrected chi connectivity index (χ0v) is 14.6. The SMILES string of the molecule is CCOc1c(Br)cc(C2CC(=O)c3ccccc3N2)cc1OC. The van der Waals surface area contributed by atoms with Crippen LogP contribution in [0.1, 0.15) is 35.3 Å². The molecule has 0 spiro atoms. The summed E-state index contributed by atoms with van der Waals surface area (Å²) in [4.78, 5) is 12.4. The Morgan fingerprint density at radius 1 is 1.30 bits per heavy atom. The van der Waals surface area contributed by atoms with Crippen LogP contribution >= 0.6 is 15.9 Å². The van der Waals surface area contributed by atoms with E-state index in [4.69, 9.17) is 9.47 Å². The maximum Gasteiger partial charge on any atom is 0.175 e. The van der Waals surface area contributed by atoms with Crippen molar-refractivity contribution in [1.29, 1.82) is 0 Å². The molecule has 1 unspecified atom stereocenters. The topological polar surface area (TPSA) is 47.6 Å². The molecule has 1 N–H and O–H groups in total. The lowest BCUT2D eigenvalue weighted by Gasteiger charge is -2.27. The van der Waals surface area contributed by atoms with E-state index in [-0.39, 0.29) is 11.8 Å². The zero-order chi connectivity index (χ0) is 16.4. The van der Waals surface area contributed by atoms with Gasteiger partial charge in [-0.1, -0.05) is 12.1 Å². The number of halogens is 1. The fourth-order valence-corrected chi connectivity index (χ4v) is 3.39. The van der Waals surface area contributed by atoms with Crippen LogP contribution in [0.15, 0.2) is 40.9 Å². The molecule has 0 radical (unpaired) electrons. The van der Waals surface area contributed by atoms with Gasteiger partial charge in [-0.25, -0.2) is 0 Å². The molecule has 23 heavy (non-hydrogen) atoms. The van der Waals surface area contributed by atoms with Crippen LogP contribution in [0.4, 0.5) is 5.69 Å². The van der Waals surface area contributed by atoms with E-state index in [1.54, 1.807) is 7.11 Å². The number of benzene rings is 2. The van der Waals surface area contributed by atoms with E-state index in [9.17, 15) is 4.79 Å². The number of hydrogen-bond acceptors (Lipinski definition) is 4.